The fourth-order valence-electron chi connectivity index (χ4n) is 2.03. The SMILES string of the molecule is CCC1(CC)CNc2ccc(OC)cc2O1. The smallest absolute Gasteiger partial charge is 0.147 e. The van der Waals surface area contributed by atoms with Crippen LogP contribution in [0.5, 0.6) is 11.5 Å². The zero-order chi connectivity index (χ0) is 11.6. The summed E-state index contributed by atoms with van der Waals surface area (Å²) in [7, 11) is 1.67. The molecule has 1 aliphatic heterocycles. The fraction of sp³-hybridized carbons (Fsp3) is 0.538. The van der Waals surface area contributed by atoms with Gasteiger partial charge in [0.1, 0.15) is 17.1 Å². The average Bonchev–Trinajstić information content (AvgIpc) is 2.37. The molecule has 0 atom stereocenters. The Morgan fingerprint density at radius 3 is 2.75 bits per heavy atom. The summed E-state index contributed by atoms with van der Waals surface area (Å²) in [4.78, 5) is 0. The van der Waals surface area contributed by atoms with Gasteiger partial charge in [-0.2, -0.15) is 0 Å². The first kappa shape index (κ1) is 11.1. The Morgan fingerprint density at radius 1 is 1.38 bits per heavy atom. The molecule has 0 aliphatic carbocycles. The van der Waals surface area contributed by atoms with Gasteiger partial charge in [-0.25, -0.2) is 0 Å². The van der Waals surface area contributed by atoms with E-state index in [2.05, 4.69) is 19.2 Å². The normalized spacial score (nSPS) is 16.9. The first-order chi connectivity index (χ1) is 7.73. The highest BCUT2D eigenvalue weighted by atomic mass is 16.5. The summed E-state index contributed by atoms with van der Waals surface area (Å²) >= 11 is 0. The molecule has 16 heavy (non-hydrogen) atoms. The summed E-state index contributed by atoms with van der Waals surface area (Å²) in [6.07, 6.45) is 2.01. The molecule has 0 unspecified atom stereocenters. The maximum atomic E-state index is 6.12. The summed E-state index contributed by atoms with van der Waals surface area (Å²) in [5, 5.41) is 3.43. The van der Waals surface area contributed by atoms with Crippen molar-refractivity contribution in [1.29, 1.82) is 0 Å². The highest BCUT2D eigenvalue weighted by Gasteiger charge is 2.32. The zero-order valence-electron chi connectivity index (χ0n) is 10.2. The van der Waals surface area contributed by atoms with Crippen molar-refractivity contribution in [2.75, 3.05) is 19.0 Å². The standard InChI is InChI=1S/C13H19NO2/c1-4-13(5-2)9-14-11-7-6-10(15-3)8-12(11)16-13/h6-8,14H,4-5,9H2,1-3H3. The van der Waals surface area contributed by atoms with Crippen LogP contribution in [-0.4, -0.2) is 19.3 Å². The van der Waals surface area contributed by atoms with Crippen LogP contribution in [0.3, 0.4) is 0 Å². The number of ether oxygens (including phenoxy) is 2. The van der Waals surface area contributed by atoms with E-state index < -0.39 is 0 Å². The maximum absolute atomic E-state index is 6.12. The molecule has 0 spiro atoms. The van der Waals surface area contributed by atoms with E-state index in [-0.39, 0.29) is 5.60 Å². The number of rotatable bonds is 3. The molecule has 0 saturated heterocycles. The minimum atomic E-state index is -0.0701. The summed E-state index contributed by atoms with van der Waals surface area (Å²) < 4.78 is 11.3. The first-order valence-corrected chi connectivity index (χ1v) is 5.84. The predicted octanol–water partition coefficient (Wildman–Crippen LogP) is 3.06. The van der Waals surface area contributed by atoms with Crippen molar-refractivity contribution in [3.8, 4) is 11.5 Å². The van der Waals surface area contributed by atoms with Crippen molar-refractivity contribution in [3.05, 3.63) is 18.2 Å². The van der Waals surface area contributed by atoms with Crippen molar-refractivity contribution in [1.82, 2.24) is 0 Å². The van der Waals surface area contributed by atoms with Crippen molar-refractivity contribution in [3.63, 3.8) is 0 Å². The fourth-order valence-corrected chi connectivity index (χ4v) is 2.03. The maximum Gasteiger partial charge on any atom is 0.147 e. The van der Waals surface area contributed by atoms with E-state index >= 15 is 0 Å². The molecule has 2 rings (SSSR count). The second kappa shape index (κ2) is 4.24. The topological polar surface area (TPSA) is 30.5 Å². The predicted molar refractivity (Wildman–Crippen MR) is 65.4 cm³/mol. The molecule has 0 radical (unpaired) electrons. The molecule has 0 saturated carbocycles. The summed E-state index contributed by atoms with van der Waals surface area (Å²) in [5.41, 5.74) is 0.984. The molecule has 0 bridgehead atoms. The lowest BCUT2D eigenvalue weighted by molar-refractivity contribution is 0.0668. The molecular formula is C13H19NO2. The zero-order valence-corrected chi connectivity index (χ0v) is 10.2. The van der Waals surface area contributed by atoms with E-state index in [9.17, 15) is 0 Å². The molecule has 3 nitrogen and oxygen atoms in total. The minimum absolute atomic E-state index is 0.0701. The van der Waals surface area contributed by atoms with Gasteiger partial charge in [-0.05, 0) is 25.0 Å². The highest BCUT2D eigenvalue weighted by Crippen LogP contribution is 2.38. The number of hydrogen-bond donors (Lipinski definition) is 1. The van der Waals surface area contributed by atoms with E-state index in [0.29, 0.717) is 0 Å². The summed E-state index contributed by atoms with van der Waals surface area (Å²) in [6.45, 7) is 5.20. The van der Waals surface area contributed by atoms with Gasteiger partial charge < -0.3 is 14.8 Å². The van der Waals surface area contributed by atoms with Crippen LogP contribution in [-0.2, 0) is 0 Å². The lowest BCUT2D eigenvalue weighted by Gasteiger charge is -2.38. The molecule has 3 heteroatoms. The Labute approximate surface area is 96.8 Å². The van der Waals surface area contributed by atoms with Crippen LogP contribution < -0.4 is 14.8 Å². The van der Waals surface area contributed by atoms with Gasteiger partial charge in [-0.1, -0.05) is 13.8 Å². The van der Waals surface area contributed by atoms with Gasteiger partial charge in [0.05, 0.1) is 19.3 Å². The van der Waals surface area contributed by atoms with E-state index in [0.717, 1.165) is 36.6 Å². The Bertz CT molecular complexity index is 372. The third-order valence-electron chi connectivity index (χ3n) is 3.40. The van der Waals surface area contributed by atoms with E-state index in [1.807, 2.05) is 18.2 Å². The number of hydrogen-bond acceptors (Lipinski definition) is 3. The number of nitrogens with one attached hydrogen (secondary N) is 1. The second-order valence-corrected chi connectivity index (χ2v) is 4.21. The largest absolute Gasteiger partial charge is 0.497 e. The monoisotopic (exact) mass is 221 g/mol. The summed E-state index contributed by atoms with van der Waals surface area (Å²) in [5.74, 6) is 1.73. The molecule has 1 aromatic rings. The molecule has 1 aromatic carbocycles. The van der Waals surface area contributed by atoms with Crippen LogP contribution in [0.2, 0.25) is 0 Å². The number of fused-ring (bicyclic) bond motifs is 1. The number of methoxy groups -OCH3 is 1. The lowest BCUT2D eigenvalue weighted by atomic mass is 9.95. The van der Waals surface area contributed by atoms with Crippen LogP contribution in [0.1, 0.15) is 26.7 Å². The van der Waals surface area contributed by atoms with Crippen LogP contribution in [0, 0.1) is 0 Å². The average molecular weight is 221 g/mol. The van der Waals surface area contributed by atoms with Gasteiger partial charge >= 0.3 is 0 Å². The third kappa shape index (κ3) is 1.82. The molecule has 88 valence electrons. The van der Waals surface area contributed by atoms with Crippen molar-refractivity contribution >= 4 is 5.69 Å². The lowest BCUT2D eigenvalue weighted by Crippen LogP contribution is -2.44. The number of benzene rings is 1. The van der Waals surface area contributed by atoms with Crippen LogP contribution in [0.4, 0.5) is 5.69 Å². The van der Waals surface area contributed by atoms with Gasteiger partial charge in [0.25, 0.3) is 0 Å². The van der Waals surface area contributed by atoms with Crippen LogP contribution in [0.25, 0.3) is 0 Å². The summed E-state index contributed by atoms with van der Waals surface area (Å²) in [6, 6.07) is 5.89. The van der Waals surface area contributed by atoms with E-state index in [1.54, 1.807) is 7.11 Å². The Morgan fingerprint density at radius 2 is 2.12 bits per heavy atom. The molecule has 1 N–H and O–H groups in total. The Balaban J connectivity index is 2.30. The van der Waals surface area contributed by atoms with Crippen molar-refractivity contribution in [2.45, 2.75) is 32.3 Å². The van der Waals surface area contributed by atoms with Crippen LogP contribution in [0.15, 0.2) is 18.2 Å². The Hall–Kier alpha value is -1.38. The molecule has 0 amide bonds. The van der Waals surface area contributed by atoms with Gasteiger partial charge in [0, 0.05) is 6.07 Å². The Kier molecular flexibility index (Phi) is 2.95. The van der Waals surface area contributed by atoms with Crippen molar-refractivity contribution < 1.29 is 9.47 Å². The molecule has 0 fully saturated rings. The third-order valence-corrected chi connectivity index (χ3v) is 3.40. The van der Waals surface area contributed by atoms with E-state index in [1.165, 1.54) is 0 Å². The van der Waals surface area contributed by atoms with Gasteiger partial charge in [-0.3, -0.25) is 0 Å². The van der Waals surface area contributed by atoms with Crippen molar-refractivity contribution in [2.24, 2.45) is 0 Å². The molecule has 1 heterocycles. The first-order valence-electron chi connectivity index (χ1n) is 5.84. The molecule has 1 aliphatic rings. The van der Waals surface area contributed by atoms with Gasteiger partial charge in [0.2, 0.25) is 0 Å². The van der Waals surface area contributed by atoms with Gasteiger partial charge in [0.15, 0.2) is 0 Å². The quantitative estimate of drug-likeness (QED) is 0.851. The number of anilines is 1. The molecule has 0 aromatic heterocycles. The van der Waals surface area contributed by atoms with Gasteiger partial charge in [-0.15, -0.1) is 0 Å². The van der Waals surface area contributed by atoms with E-state index in [4.69, 9.17) is 9.47 Å². The molecular weight excluding hydrogens is 202 g/mol. The second-order valence-electron chi connectivity index (χ2n) is 4.21. The van der Waals surface area contributed by atoms with Crippen LogP contribution >= 0.6 is 0 Å². The minimum Gasteiger partial charge on any atom is -0.497 e. The highest BCUT2D eigenvalue weighted by molar-refractivity contribution is 5.61.